The molecule has 1 aliphatic rings. The van der Waals surface area contributed by atoms with Crippen molar-refractivity contribution in [1.82, 2.24) is 14.5 Å². The number of aryl methyl sites for hydroxylation is 1. The third-order valence-corrected chi connectivity index (χ3v) is 6.41. The SMILES string of the molecule is Cc1nc2ccccc2c(=O)n1-c1ccc(C(=O)N(C)Cc2ccccc2N2CCOCC2)cc1. The standard InChI is InChI=1S/C28H28N4O3/c1-20-29-25-9-5-4-8-24(25)28(34)32(20)23-13-11-21(12-14-23)27(33)30(2)19-22-7-3-6-10-26(22)31-15-17-35-18-16-31/h3-14H,15-19H2,1-2H3. The molecule has 0 bridgehead atoms. The number of carbonyl (C=O) groups excluding carboxylic acids is 1. The number of ether oxygens (including phenoxy) is 1. The Morgan fingerprint density at radius 2 is 1.66 bits per heavy atom. The molecule has 5 rings (SSSR count). The van der Waals surface area contributed by atoms with Gasteiger partial charge in [-0.1, -0.05) is 30.3 Å². The van der Waals surface area contributed by atoms with Gasteiger partial charge in [0.1, 0.15) is 5.82 Å². The molecular weight excluding hydrogens is 440 g/mol. The van der Waals surface area contributed by atoms with Crippen molar-refractivity contribution >= 4 is 22.5 Å². The molecule has 0 spiro atoms. The minimum absolute atomic E-state index is 0.0750. The Hall–Kier alpha value is -3.97. The number of morpholine rings is 1. The number of fused-ring (bicyclic) bond motifs is 1. The van der Waals surface area contributed by atoms with Gasteiger partial charge >= 0.3 is 0 Å². The van der Waals surface area contributed by atoms with Crippen LogP contribution in [-0.2, 0) is 11.3 Å². The van der Waals surface area contributed by atoms with Gasteiger partial charge in [0, 0.05) is 37.9 Å². The van der Waals surface area contributed by atoms with Crippen molar-refractivity contribution in [3.8, 4) is 5.69 Å². The summed E-state index contributed by atoms with van der Waals surface area (Å²) in [7, 11) is 1.81. The zero-order chi connectivity index (χ0) is 24.4. The van der Waals surface area contributed by atoms with Crippen LogP contribution in [0.2, 0.25) is 0 Å². The number of carbonyl (C=O) groups is 1. The van der Waals surface area contributed by atoms with E-state index in [0.29, 0.717) is 47.7 Å². The molecule has 0 radical (unpaired) electrons. The lowest BCUT2D eigenvalue weighted by atomic mass is 10.1. The van der Waals surface area contributed by atoms with Gasteiger partial charge in [-0.3, -0.25) is 14.2 Å². The molecule has 0 aliphatic carbocycles. The van der Waals surface area contributed by atoms with E-state index in [4.69, 9.17) is 4.74 Å². The summed E-state index contributed by atoms with van der Waals surface area (Å²) in [5.41, 5.74) is 4.05. The molecule has 7 heteroatoms. The number of para-hydroxylation sites is 2. The van der Waals surface area contributed by atoms with Crippen LogP contribution < -0.4 is 10.5 Å². The fraction of sp³-hybridized carbons (Fsp3) is 0.250. The van der Waals surface area contributed by atoms with Crippen LogP contribution >= 0.6 is 0 Å². The van der Waals surface area contributed by atoms with Crippen LogP contribution in [0.15, 0.2) is 77.6 Å². The van der Waals surface area contributed by atoms with Gasteiger partial charge in [-0.15, -0.1) is 0 Å². The topological polar surface area (TPSA) is 67.7 Å². The maximum Gasteiger partial charge on any atom is 0.265 e. The highest BCUT2D eigenvalue weighted by Crippen LogP contribution is 2.23. The van der Waals surface area contributed by atoms with Crippen LogP contribution in [0.1, 0.15) is 21.7 Å². The summed E-state index contributed by atoms with van der Waals surface area (Å²) in [5, 5.41) is 0.567. The predicted octanol–water partition coefficient (Wildman–Crippen LogP) is 3.80. The van der Waals surface area contributed by atoms with Crippen LogP contribution in [-0.4, -0.2) is 53.7 Å². The molecule has 1 saturated heterocycles. The van der Waals surface area contributed by atoms with Crippen molar-refractivity contribution in [2.45, 2.75) is 13.5 Å². The lowest BCUT2D eigenvalue weighted by Crippen LogP contribution is -2.37. The number of anilines is 1. The van der Waals surface area contributed by atoms with Gasteiger partial charge in [0.05, 0.1) is 29.8 Å². The second-order valence-corrected chi connectivity index (χ2v) is 8.75. The number of hydrogen-bond donors (Lipinski definition) is 0. The van der Waals surface area contributed by atoms with E-state index in [1.165, 1.54) is 0 Å². The third kappa shape index (κ3) is 4.55. The number of benzene rings is 3. The summed E-state index contributed by atoms with van der Waals surface area (Å²) < 4.78 is 7.07. The summed E-state index contributed by atoms with van der Waals surface area (Å²) in [4.78, 5) is 34.9. The van der Waals surface area contributed by atoms with E-state index < -0.39 is 0 Å². The largest absolute Gasteiger partial charge is 0.378 e. The average molecular weight is 469 g/mol. The molecule has 4 aromatic rings. The normalized spacial score (nSPS) is 13.7. The number of hydrogen-bond acceptors (Lipinski definition) is 5. The van der Waals surface area contributed by atoms with E-state index in [-0.39, 0.29) is 11.5 Å². The Bertz CT molecular complexity index is 1420. The van der Waals surface area contributed by atoms with Crippen molar-refractivity contribution in [3.05, 3.63) is 100 Å². The van der Waals surface area contributed by atoms with E-state index in [1.807, 2.05) is 44.3 Å². The molecule has 2 heterocycles. The molecule has 1 aromatic heterocycles. The summed E-state index contributed by atoms with van der Waals surface area (Å²) in [6.07, 6.45) is 0. The maximum atomic E-state index is 13.2. The van der Waals surface area contributed by atoms with Crippen molar-refractivity contribution < 1.29 is 9.53 Å². The molecule has 0 saturated carbocycles. The van der Waals surface area contributed by atoms with Gasteiger partial charge < -0.3 is 14.5 Å². The smallest absolute Gasteiger partial charge is 0.265 e. The Balaban J connectivity index is 1.37. The van der Waals surface area contributed by atoms with Gasteiger partial charge in [0.15, 0.2) is 0 Å². The average Bonchev–Trinajstić information content (AvgIpc) is 2.89. The van der Waals surface area contributed by atoms with E-state index in [2.05, 4.69) is 22.0 Å². The van der Waals surface area contributed by atoms with Crippen LogP contribution in [0, 0.1) is 6.92 Å². The van der Waals surface area contributed by atoms with Crippen LogP contribution in [0.4, 0.5) is 5.69 Å². The van der Waals surface area contributed by atoms with Crippen LogP contribution in [0.25, 0.3) is 16.6 Å². The minimum atomic E-state index is -0.121. The molecular formula is C28H28N4O3. The van der Waals surface area contributed by atoms with E-state index in [1.54, 1.807) is 39.8 Å². The van der Waals surface area contributed by atoms with Gasteiger partial charge in [-0.2, -0.15) is 0 Å². The predicted molar refractivity (Wildman–Crippen MR) is 137 cm³/mol. The summed E-state index contributed by atoms with van der Waals surface area (Å²) >= 11 is 0. The van der Waals surface area contributed by atoms with Crippen LogP contribution in [0.5, 0.6) is 0 Å². The monoisotopic (exact) mass is 468 g/mol. The highest BCUT2D eigenvalue weighted by atomic mass is 16.5. The summed E-state index contributed by atoms with van der Waals surface area (Å²) in [6.45, 7) is 5.43. The molecule has 1 amide bonds. The second-order valence-electron chi connectivity index (χ2n) is 8.75. The van der Waals surface area contributed by atoms with Gasteiger partial charge in [-0.05, 0) is 55.0 Å². The van der Waals surface area contributed by atoms with Gasteiger partial charge in [0.2, 0.25) is 0 Å². The molecule has 0 unspecified atom stereocenters. The Kier molecular flexibility index (Phi) is 6.33. The molecule has 7 nitrogen and oxygen atoms in total. The Labute approximate surface area is 204 Å². The first-order chi connectivity index (χ1) is 17.0. The van der Waals surface area contributed by atoms with Crippen LogP contribution in [0.3, 0.4) is 0 Å². The first-order valence-electron chi connectivity index (χ1n) is 11.8. The van der Waals surface area contributed by atoms with Crippen molar-refractivity contribution in [2.75, 3.05) is 38.3 Å². The fourth-order valence-electron chi connectivity index (χ4n) is 4.61. The molecule has 0 atom stereocenters. The number of aromatic nitrogens is 2. The first-order valence-corrected chi connectivity index (χ1v) is 11.8. The highest BCUT2D eigenvalue weighted by Gasteiger charge is 2.18. The molecule has 0 N–H and O–H groups in total. The zero-order valence-corrected chi connectivity index (χ0v) is 20.0. The lowest BCUT2D eigenvalue weighted by molar-refractivity contribution is 0.0785. The molecule has 3 aromatic carbocycles. The second kappa shape index (κ2) is 9.72. The van der Waals surface area contributed by atoms with Gasteiger partial charge in [0.25, 0.3) is 11.5 Å². The number of rotatable bonds is 5. The Morgan fingerprint density at radius 3 is 2.43 bits per heavy atom. The highest BCUT2D eigenvalue weighted by molar-refractivity contribution is 5.94. The summed E-state index contributed by atoms with van der Waals surface area (Å²) in [6, 6.07) is 22.7. The fourth-order valence-corrected chi connectivity index (χ4v) is 4.61. The van der Waals surface area contributed by atoms with Gasteiger partial charge in [-0.25, -0.2) is 4.98 Å². The third-order valence-electron chi connectivity index (χ3n) is 6.41. The first kappa shape index (κ1) is 22.8. The lowest BCUT2D eigenvalue weighted by Gasteiger charge is -2.31. The van der Waals surface area contributed by atoms with E-state index in [9.17, 15) is 9.59 Å². The van der Waals surface area contributed by atoms with Crippen molar-refractivity contribution in [1.29, 1.82) is 0 Å². The molecule has 35 heavy (non-hydrogen) atoms. The van der Waals surface area contributed by atoms with E-state index >= 15 is 0 Å². The molecule has 178 valence electrons. The number of nitrogens with zero attached hydrogens (tertiary/aromatic N) is 4. The number of amides is 1. The zero-order valence-electron chi connectivity index (χ0n) is 20.0. The summed E-state index contributed by atoms with van der Waals surface area (Å²) in [5.74, 6) is 0.527. The quantitative estimate of drug-likeness (QED) is 0.446. The Morgan fingerprint density at radius 1 is 0.971 bits per heavy atom. The van der Waals surface area contributed by atoms with Crippen molar-refractivity contribution in [3.63, 3.8) is 0 Å². The van der Waals surface area contributed by atoms with Crippen molar-refractivity contribution in [2.24, 2.45) is 0 Å². The minimum Gasteiger partial charge on any atom is -0.378 e. The molecule has 1 fully saturated rings. The van der Waals surface area contributed by atoms with E-state index in [0.717, 1.165) is 24.3 Å². The molecule has 1 aliphatic heterocycles. The maximum absolute atomic E-state index is 13.2.